The van der Waals surface area contributed by atoms with E-state index in [1.807, 2.05) is 20.8 Å². The Morgan fingerprint density at radius 2 is 1.67 bits per heavy atom. The predicted molar refractivity (Wildman–Crippen MR) is 69.5 cm³/mol. The molecule has 0 heterocycles. The van der Waals surface area contributed by atoms with Gasteiger partial charge in [-0.25, -0.2) is 9.59 Å². The van der Waals surface area contributed by atoms with E-state index in [4.69, 9.17) is 9.84 Å². The van der Waals surface area contributed by atoms with E-state index < -0.39 is 23.7 Å². The molecular formula is C13H25NO4. The van der Waals surface area contributed by atoms with Crippen LogP contribution in [0.25, 0.3) is 0 Å². The quantitative estimate of drug-likeness (QED) is 0.761. The van der Waals surface area contributed by atoms with Gasteiger partial charge in [-0.2, -0.15) is 0 Å². The summed E-state index contributed by atoms with van der Waals surface area (Å²) < 4.78 is 5.20. The maximum Gasteiger partial charge on any atom is 0.405 e. The summed E-state index contributed by atoms with van der Waals surface area (Å²) in [4.78, 5) is 22.5. The lowest BCUT2D eigenvalue weighted by atomic mass is 9.88. The van der Waals surface area contributed by atoms with Crippen molar-refractivity contribution in [1.29, 1.82) is 0 Å². The van der Waals surface area contributed by atoms with Crippen molar-refractivity contribution in [2.24, 2.45) is 5.41 Å². The minimum absolute atomic E-state index is 0.0421. The average Bonchev–Trinajstić information content (AvgIpc) is 2.06. The van der Waals surface area contributed by atoms with Gasteiger partial charge in [0.25, 0.3) is 0 Å². The van der Waals surface area contributed by atoms with Crippen LogP contribution >= 0.6 is 0 Å². The molecule has 5 nitrogen and oxygen atoms in total. The lowest BCUT2D eigenvalue weighted by molar-refractivity contribution is -0.157. The van der Waals surface area contributed by atoms with Gasteiger partial charge in [-0.3, -0.25) is 0 Å². The van der Waals surface area contributed by atoms with Crippen molar-refractivity contribution >= 4 is 12.1 Å². The molecule has 0 aliphatic rings. The number of nitrogens with one attached hydrogen (secondary N) is 1. The number of ether oxygens (including phenoxy) is 1. The molecule has 106 valence electrons. The summed E-state index contributed by atoms with van der Waals surface area (Å²) in [6, 6.07) is -0.805. The zero-order chi connectivity index (χ0) is 14.6. The molecule has 18 heavy (non-hydrogen) atoms. The molecule has 0 aromatic rings. The first-order valence-corrected chi connectivity index (χ1v) is 6.13. The molecule has 0 saturated carbocycles. The third kappa shape index (κ3) is 8.84. The Balaban J connectivity index is 4.57. The zero-order valence-electron chi connectivity index (χ0n) is 12.2. The first-order chi connectivity index (χ1) is 7.91. The summed E-state index contributed by atoms with van der Waals surface area (Å²) in [5, 5.41) is 11.0. The van der Waals surface area contributed by atoms with Crippen molar-refractivity contribution in [3.05, 3.63) is 0 Å². The largest absolute Gasteiger partial charge is 0.465 e. The van der Waals surface area contributed by atoms with Crippen LogP contribution in [0.5, 0.6) is 0 Å². The minimum Gasteiger partial charge on any atom is -0.465 e. The van der Waals surface area contributed by atoms with Crippen molar-refractivity contribution in [2.45, 2.75) is 66.0 Å². The summed E-state index contributed by atoms with van der Waals surface area (Å²) in [6.45, 7) is 11.4. The third-order valence-electron chi connectivity index (χ3n) is 2.17. The minimum atomic E-state index is -1.21. The second kappa shape index (κ2) is 6.07. The highest BCUT2D eigenvalue weighted by atomic mass is 16.6. The van der Waals surface area contributed by atoms with E-state index in [9.17, 15) is 9.59 Å². The number of esters is 1. The average molecular weight is 259 g/mol. The van der Waals surface area contributed by atoms with Crippen molar-refractivity contribution in [3.63, 3.8) is 0 Å². The SMILES string of the molecule is CC(C)(C)CCC(NC(=O)O)C(=O)OC(C)(C)C. The molecule has 0 spiro atoms. The molecule has 1 unspecified atom stereocenters. The predicted octanol–water partition coefficient (Wildman–Crippen LogP) is 2.79. The summed E-state index contributed by atoms with van der Waals surface area (Å²) in [7, 11) is 0. The molecule has 0 rings (SSSR count). The fourth-order valence-electron chi connectivity index (χ4n) is 1.35. The molecule has 2 N–H and O–H groups in total. The number of hydrogen-bond donors (Lipinski definition) is 2. The first kappa shape index (κ1) is 16.7. The zero-order valence-corrected chi connectivity index (χ0v) is 12.2. The molecule has 5 heteroatoms. The Morgan fingerprint density at radius 3 is 2.00 bits per heavy atom. The van der Waals surface area contributed by atoms with Crippen LogP contribution in [-0.2, 0) is 9.53 Å². The van der Waals surface area contributed by atoms with Gasteiger partial charge in [-0.05, 0) is 39.0 Å². The van der Waals surface area contributed by atoms with E-state index in [0.717, 1.165) is 6.42 Å². The standard InChI is InChI=1S/C13H25NO4/c1-12(2,3)8-7-9(14-11(16)17)10(15)18-13(4,5)6/h9,14H,7-8H2,1-6H3,(H,16,17). The molecule has 0 aliphatic heterocycles. The number of hydrogen-bond acceptors (Lipinski definition) is 3. The second-order valence-corrected chi connectivity index (χ2v) is 6.63. The summed E-state index contributed by atoms with van der Waals surface area (Å²) in [5.74, 6) is -0.519. The Hall–Kier alpha value is -1.26. The summed E-state index contributed by atoms with van der Waals surface area (Å²) >= 11 is 0. The maximum atomic E-state index is 11.9. The van der Waals surface area contributed by atoms with Crippen LogP contribution in [0.15, 0.2) is 0 Å². The summed E-state index contributed by atoms with van der Waals surface area (Å²) in [6.07, 6.45) is -0.0400. The molecule has 1 amide bonds. The Labute approximate surface area is 109 Å². The normalized spacial score (nSPS) is 13.9. The highest BCUT2D eigenvalue weighted by molar-refractivity contribution is 5.80. The van der Waals surface area contributed by atoms with Crippen LogP contribution in [0.2, 0.25) is 0 Å². The van der Waals surface area contributed by atoms with E-state index in [2.05, 4.69) is 5.32 Å². The topological polar surface area (TPSA) is 75.6 Å². The second-order valence-electron chi connectivity index (χ2n) is 6.63. The molecule has 1 atom stereocenters. The fraction of sp³-hybridized carbons (Fsp3) is 0.846. The Morgan fingerprint density at radius 1 is 1.17 bits per heavy atom. The van der Waals surface area contributed by atoms with Gasteiger partial charge in [0.05, 0.1) is 0 Å². The van der Waals surface area contributed by atoms with Crippen LogP contribution in [0.3, 0.4) is 0 Å². The van der Waals surface area contributed by atoms with Crippen LogP contribution in [0.4, 0.5) is 4.79 Å². The van der Waals surface area contributed by atoms with Crippen molar-refractivity contribution < 1.29 is 19.4 Å². The van der Waals surface area contributed by atoms with E-state index in [0.29, 0.717) is 6.42 Å². The number of rotatable bonds is 4. The van der Waals surface area contributed by atoms with Gasteiger partial charge in [0.1, 0.15) is 11.6 Å². The highest BCUT2D eigenvalue weighted by Gasteiger charge is 2.27. The van der Waals surface area contributed by atoms with Gasteiger partial charge in [-0.15, -0.1) is 0 Å². The highest BCUT2D eigenvalue weighted by Crippen LogP contribution is 2.22. The first-order valence-electron chi connectivity index (χ1n) is 6.13. The number of carbonyl (C=O) groups excluding carboxylic acids is 1. The van der Waals surface area contributed by atoms with Crippen LogP contribution < -0.4 is 5.32 Å². The van der Waals surface area contributed by atoms with Gasteiger partial charge in [0.15, 0.2) is 0 Å². The van der Waals surface area contributed by atoms with E-state index in [-0.39, 0.29) is 5.41 Å². The van der Waals surface area contributed by atoms with Gasteiger partial charge in [-0.1, -0.05) is 20.8 Å². The van der Waals surface area contributed by atoms with Crippen molar-refractivity contribution in [1.82, 2.24) is 5.32 Å². The smallest absolute Gasteiger partial charge is 0.405 e. The van der Waals surface area contributed by atoms with Gasteiger partial charge in [0.2, 0.25) is 0 Å². The van der Waals surface area contributed by atoms with Crippen LogP contribution in [0, 0.1) is 5.41 Å². The molecule has 0 aromatic heterocycles. The molecule has 0 aliphatic carbocycles. The summed E-state index contributed by atoms with van der Waals surface area (Å²) in [5.41, 5.74) is -0.572. The molecule has 0 radical (unpaired) electrons. The molecular weight excluding hydrogens is 234 g/mol. The van der Waals surface area contributed by atoms with Gasteiger partial charge < -0.3 is 15.2 Å². The van der Waals surface area contributed by atoms with Gasteiger partial charge in [0, 0.05) is 0 Å². The lowest BCUT2D eigenvalue weighted by Crippen LogP contribution is -2.44. The molecule has 0 aromatic carbocycles. The van der Waals surface area contributed by atoms with Gasteiger partial charge >= 0.3 is 12.1 Å². The van der Waals surface area contributed by atoms with E-state index in [1.165, 1.54) is 0 Å². The third-order valence-corrected chi connectivity index (χ3v) is 2.17. The lowest BCUT2D eigenvalue weighted by Gasteiger charge is -2.26. The number of carbonyl (C=O) groups is 2. The fourth-order valence-corrected chi connectivity index (χ4v) is 1.35. The van der Waals surface area contributed by atoms with Crippen molar-refractivity contribution in [3.8, 4) is 0 Å². The number of carboxylic acid groups (broad SMARTS) is 1. The van der Waals surface area contributed by atoms with Crippen molar-refractivity contribution in [2.75, 3.05) is 0 Å². The monoisotopic (exact) mass is 259 g/mol. The molecule has 0 bridgehead atoms. The number of amides is 1. The molecule has 0 saturated heterocycles. The van der Waals surface area contributed by atoms with Crippen LogP contribution in [0.1, 0.15) is 54.4 Å². The van der Waals surface area contributed by atoms with E-state index in [1.54, 1.807) is 20.8 Å². The van der Waals surface area contributed by atoms with Crippen LogP contribution in [-0.4, -0.2) is 28.8 Å². The molecule has 0 fully saturated rings. The Bertz CT molecular complexity index is 299. The Kier molecular flexibility index (Phi) is 5.64. The van der Waals surface area contributed by atoms with E-state index >= 15 is 0 Å². The maximum absolute atomic E-state index is 11.9.